The quantitative estimate of drug-likeness (QED) is 0.418. The molecule has 3 aromatic carbocycles. The third-order valence-electron chi connectivity index (χ3n) is 4.41. The fourth-order valence-electron chi connectivity index (χ4n) is 2.93. The number of methoxy groups -OCH3 is 1. The van der Waals surface area contributed by atoms with Crippen molar-refractivity contribution < 1.29 is 19.1 Å². The number of nitrogens with one attached hydrogen (secondary N) is 2. The standard InChI is InChI=1S/C25H23BrN2O4/c1-3-32-23-15-17(12-13-22(23)31-2)14-21(28-24(29)18-8-5-4-6-9-18)25(30)27-20-11-7-10-19(26)16-20/h4-16H,3H2,1-2H3,(H,27,30)(H,28,29). The van der Waals surface area contributed by atoms with Crippen molar-refractivity contribution in [3.8, 4) is 11.5 Å². The molecule has 32 heavy (non-hydrogen) atoms. The number of anilines is 1. The first kappa shape index (κ1) is 23.1. The minimum Gasteiger partial charge on any atom is -0.493 e. The zero-order valence-corrected chi connectivity index (χ0v) is 19.3. The summed E-state index contributed by atoms with van der Waals surface area (Å²) >= 11 is 3.39. The van der Waals surface area contributed by atoms with Crippen molar-refractivity contribution in [2.45, 2.75) is 6.92 Å². The lowest BCUT2D eigenvalue weighted by Crippen LogP contribution is -2.30. The summed E-state index contributed by atoms with van der Waals surface area (Å²) in [5.74, 6) is 0.281. The summed E-state index contributed by atoms with van der Waals surface area (Å²) < 4.78 is 11.8. The van der Waals surface area contributed by atoms with Crippen molar-refractivity contribution in [3.63, 3.8) is 0 Å². The first-order chi connectivity index (χ1) is 15.5. The van der Waals surface area contributed by atoms with Gasteiger partial charge in [0.2, 0.25) is 0 Å². The Morgan fingerprint density at radius 2 is 1.75 bits per heavy atom. The molecule has 0 aliphatic rings. The van der Waals surface area contributed by atoms with Crippen LogP contribution >= 0.6 is 15.9 Å². The van der Waals surface area contributed by atoms with E-state index in [9.17, 15) is 9.59 Å². The van der Waals surface area contributed by atoms with Crippen molar-refractivity contribution in [3.05, 3.63) is 94.1 Å². The Balaban J connectivity index is 1.94. The van der Waals surface area contributed by atoms with Gasteiger partial charge in [0, 0.05) is 15.7 Å². The molecule has 0 radical (unpaired) electrons. The van der Waals surface area contributed by atoms with Gasteiger partial charge in [-0.1, -0.05) is 46.3 Å². The molecule has 0 aliphatic heterocycles. The smallest absolute Gasteiger partial charge is 0.272 e. The summed E-state index contributed by atoms with van der Waals surface area (Å²) in [5, 5.41) is 5.54. The topological polar surface area (TPSA) is 76.7 Å². The van der Waals surface area contributed by atoms with E-state index in [0.29, 0.717) is 34.9 Å². The second-order valence-electron chi connectivity index (χ2n) is 6.69. The first-order valence-corrected chi connectivity index (χ1v) is 10.7. The fraction of sp³-hybridized carbons (Fsp3) is 0.120. The largest absolute Gasteiger partial charge is 0.493 e. The van der Waals surface area contributed by atoms with Gasteiger partial charge in [0.15, 0.2) is 11.5 Å². The summed E-state index contributed by atoms with van der Waals surface area (Å²) in [6.45, 7) is 2.34. The molecule has 0 heterocycles. The maximum atomic E-state index is 13.1. The van der Waals surface area contributed by atoms with Gasteiger partial charge in [-0.2, -0.15) is 0 Å². The van der Waals surface area contributed by atoms with Gasteiger partial charge in [-0.25, -0.2) is 0 Å². The molecule has 3 rings (SSSR count). The zero-order chi connectivity index (χ0) is 22.9. The fourth-order valence-corrected chi connectivity index (χ4v) is 3.32. The average Bonchev–Trinajstić information content (AvgIpc) is 2.79. The molecule has 2 N–H and O–H groups in total. The number of ether oxygens (including phenoxy) is 2. The van der Waals surface area contributed by atoms with Crippen LogP contribution in [0.3, 0.4) is 0 Å². The van der Waals surface area contributed by atoms with Crippen LogP contribution in [-0.4, -0.2) is 25.5 Å². The van der Waals surface area contributed by atoms with Gasteiger partial charge in [0.05, 0.1) is 13.7 Å². The van der Waals surface area contributed by atoms with Crippen molar-refractivity contribution in [1.29, 1.82) is 0 Å². The molecule has 0 unspecified atom stereocenters. The summed E-state index contributed by atoms with van der Waals surface area (Å²) in [6, 6.07) is 21.2. The van der Waals surface area contributed by atoms with Crippen molar-refractivity contribution in [2.75, 3.05) is 19.0 Å². The molecule has 7 heteroatoms. The van der Waals surface area contributed by atoms with E-state index in [1.165, 1.54) is 0 Å². The highest BCUT2D eigenvalue weighted by molar-refractivity contribution is 9.10. The highest BCUT2D eigenvalue weighted by atomic mass is 79.9. The number of halogens is 1. The van der Waals surface area contributed by atoms with E-state index in [-0.39, 0.29) is 11.6 Å². The van der Waals surface area contributed by atoms with E-state index in [2.05, 4.69) is 26.6 Å². The lowest BCUT2D eigenvalue weighted by atomic mass is 10.1. The molecule has 0 spiro atoms. The number of hydrogen-bond donors (Lipinski definition) is 2. The number of rotatable bonds is 8. The minimum atomic E-state index is -0.457. The van der Waals surface area contributed by atoms with Gasteiger partial charge >= 0.3 is 0 Å². The molecule has 0 fully saturated rings. The molecular weight excluding hydrogens is 472 g/mol. The second-order valence-corrected chi connectivity index (χ2v) is 7.60. The molecule has 164 valence electrons. The Kier molecular flexibility index (Phi) is 8.05. The van der Waals surface area contributed by atoms with Crippen LogP contribution in [0.5, 0.6) is 11.5 Å². The molecule has 2 amide bonds. The molecule has 0 saturated carbocycles. The zero-order valence-electron chi connectivity index (χ0n) is 17.7. The van der Waals surface area contributed by atoms with Crippen LogP contribution in [0.4, 0.5) is 5.69 Å². The molecular formula is C25H23BrN2O4. The van der Waals surface area contributed by atoms with E-state index in [0.717, 1.165) is 4.47 Å². The number of hydrogen-bond acceptors (Lipinski definition) is 4. The molecule has 0 bridgehead atoms. The summed E-state index contributed by atoms with van der Waals surface area (Å²) in [4.78, 5) is 25.8. The SMILES string of the molecule is CCOc1cc(C=C(NC(=O)c2ccccc2)C(=O)Nc2cccc(Br)c2)ccc1OC. The van der Waals surface area contributed by atoms with Gasteiger partial charge < -0.3 is 20.1 Å². The van der Waals surface area contributed by atoms with Gasteiger partial charge in [-0.3, -0.25) is 9.59 Å². The Morgan fingerprint density at radius 1 is 0.969 bits per heavy atom. The van der Waals surface area contributed by atoms with Crippen molar-refractivity contribution >= 4 is 39.5 Å². The van der Waals surface area contributed by atoms with Gasteiger partial charge in [0.1, 0.15) is 5.70 Å². The van der Waals surface area contributed by atoms with E-state index >= 15 is 0 Å². The third-order valence-corrected chi connectivity index (χ3v) is 4.90. The van der Waals surface area contributed by atoms with Crippen molar-refractivity contribution in [2.24, 2.45) is 0 Å². The highest BCUT2D eigenvalue weighted by Crippen LogP contribution is 2.29. The summed E-state index contributed by atoms with van der Waals surface area (Å²) in [7, 11) is 1.56. The Hall–Kier alpha value is -3.58. The molecule has 0 atom stereocenters. The van der Waals surface area contributed by atoms with E-state index in [1.807, 2.05) is 25.1 Å². The second kappa shape index (κ2) is 11.2. The van der Waals surface area contributed by atoms with E-state index < -0.39 is 5.91 Å². The predicted molar refractivity (Wildman–Crippen MR) is 129 cm³/mol. The van der Waals surface area contributed by atoms with Crippen LogP contribution in [0.15, 0.2) is 83.0 Å². The summed E-state index contributed by atoms with van der Waals surface area (Å²) in [6.07, 6.45) is 1.59. The molecule has 0 aromatic heterocycles. The number of amides is 2. The van der Waals surface area contributed by atoms with Crippen LogP contribution in [-0.2, 0) is 4.79 Å². The van der Waals surface area contributed by atoms with Gasteiger partial charge in [0.25, 0.3) is 11.8 Å². The maximum absolute atomic E-state index is 13.1. The number of carbonyl (C=O) groups is 2. The lowest BCUT2D eigenvalue weighted by Gasteiger charge is -2.13. The van der Waals surface area contributed by atoms with E-state index in [1.54, 1.807) is 67.8 Å². The van der Waals surface area contributed by atoms with Gasteiger partial charge in [-0.15, -0.1) is 0 Å². The number of benzene rings is 3. The van der Waals surface area contributed by atoms with Crippen LogP contribution in [0, 0.1) is 0 Å². The Morgan fingerprint density at radius 3 is 2.44 bits per heavy atom. The Bertz CT molecular complexity index is 1130. The van der Waals surface area contributed by atoms with E-state index in [4.69, 9.17) is 9.47 Å². The van der Waals surface area contributed by atoms with Crippen LogP contribution < -0.4 is 20.1 Å². The first-order valence-electron chi connectivity index (χ1n) is 9.96. The predicted octanol–water partition coefficient (Wildman–Crippen LogP) is 5.27. The average molecular weight is 495 g/mol. The molecule has 6 nitrogen and oxygen atoms in total. The Labute approximate surface area is 195 Å². The molecule has 0 saturated heterocycles. The van der Waals surface area contributed by atoms with Crippen LogP contribution in [0.25, 0.3) is 6.08 Å². The molecule has 3 aromatic rings. The maximum Gasteiger partial charge on any atom is 0.272 e. The van der Waals surface area contributed by atoms with Crippen LogP contribution in [0.1, 0.15) is 22.8 Å². The number of carbonyl (C=O) groups excluding carboxylic acids is 2. The highest BCUT2D eigenvalue weighted by Gasteiger charge is 2.16. The minimum absolute atomic E-state index is 0.0893. The van der Waals surface area contributed by atoms with Crippen LogP contribution in [0.2, 0.25) is 0 Å². The van der Waals surface area contributed by atoms with Crippen molar-refractivity contribution in [1.82, 2.24) is 5.32 Å². The normalized spacial score (nSPS) is 10.9. The summed E-state index contributed by atoms with van der Waals surface area (Å²) in [5.41, 5.74) is 1.79. The monoisotopic (exact) mass is 494 g/mol. The van der Waals surface area contributed by atoms with Gasteiger partial charge in [-0.05, 0) is 61.0 Å². The molecule has 0 aliphatic carbocycles. The lowest BCUT2D eigenvalue weighted by molar-refractivity contribution is -0.113. The third kappa shape index (κ3) is 6.21.